The summed E-state index contributed by atoms with van der Waals surface area (Å²) in [5, 5.41) is 8.56. The van der Waals surface area contributed by atoms with Crippen LogP contribution >= 0.6 is 0 Å². The lowest BCUT2D eigenvalue weighted by atomic mass is 10.3. The van der Waals surface area contributed by atoms with E-state index in [2.05, 4.69) is 9.72 Å². The van der Waals surface area contributed by atoms with Crippen LogP contribution in [0.25, 0.3) is 11.1 Å². The molecule has 0 fully saturated rings. The van der Waals surface area contributed by atoms with E-state index in [1.54, 1.807) is 0 Å². The summed E-state index contributed by atoms with van der Waals surface area (Å²) < 4.78 is 33.5. The van der Waals surface area contributed by atoms with Gasteiger partial charge in [0.2, 0.25) is 5.89 Å². The van der Waals surface area contributed by atoms with Gasteiger partial charge in [-0.2, -0.15) is 8.78 Å². The third-order valence-electron chi connectivity index (χ3n) is 1.94. The zero-order valence-electron chi connectivity index (χ0n) is 8.39. The molecular formula is C10H7F2NO4. The number of hydrogen-bond donors (Lipinski definition) is 1. The Balaban J connectivity index is 2.41. The first kappa shape index (κ1) is 11.3. The number of carboxylic acids is 1. The van der Waals surface area contributed by atoms with Crippen molar-refractivity contribution in [3.05, 3.63) is 24.1 Å². The van der Waals surface area contributed by atoms with Crippen molar-refractivity contribution in [2.75, 3.05) is 0 Å². The number of oxazole rings is 1. The van der Waals surface area contributed by atoms with Gasteiger partial charge in [-0.05, 0) is 12.1 Å². The molecule has 7 heteroatoms. The zero-order valence-corrected chi connectivity index (χ0v) is 8.39. The number of rotatable bonds is 4. The predicted molar refractivity (Wildman–Crippen MR) is 52.0 cm³/mol. The highest BCUT2D eigenvalue weighted by molar-refractivity contribution is 5.80. The van der Waals surface area contributed by atoms with Gasteiger partial charge in [-0.3, -0.25) is 4.79 Å². The van der Waals surface area contributed by atoms with Gasteiger partial charge in [0.1, 0.15) is 6.42 Å². The molecular weight excluding hydrogens is 236 g/mol. The second kappa shape index (κ2) is 4.36. The Bertz CT molecular complexity index is 552. The fourth-order valence-corrected chi connectivity index (χ4v) is 1.37. The number of aromatic nitrogens is 1. The Morgan fingerprint density at radius 2 is 2.29 bits per heavy atom. The minimum Gasteiger partial charge on any atom is -0.481 e. The maximum absolute atomic E-state index is 12.1. The normalized spacial score (nSPS) is 11.0. The van der Waals surface area contributed by atoms with Crippen LogP contribution in [0.3, 0.4) is 0 Å². The monoisotopic (exact) mass is 243 g/mol. The molecule has 5 nitrogen and oxygen atoms in total. The van der Waals surface area contributed by atoms with Crippen LogP contribution in [0.4, 0.5) is 8.78 Å². The van der Waals surface area contributed by atoms with Gasteiger partial charge in [-0.25, -0.2) is 4.98 Å². The van der Waals surface area contributed by atoms with Crippen molar-refractivity contribution in [3.8, 4) is 5.75 Å². The van der Waals surface area contributed by atoms with Gasteiger partial charge in [-0.15, -0.1) is 0 Å². The van der Waals surface area contributed by atoms with E-state index in [9.17, 15) is 13.6 Å². The smallest absolute Gasteiger partial charge is 0.387 e. The summed E-state index contributed by atoms with van der Waals surface area (Å²) in [5.41, 5.74) is 0.295. The van der Waals surface area contributed by atoms with E-state index in [-0.39, 0.29) is 22.7 Å². The summed E-state index contributed by atoms with van der Waals surface area (Å²) in [7, 11) is 0. The molecule has 0 saturated heterocycles. The molecule has 1 aromatic carbocycles. The van der Waals surface area contributed by atoms with Gasteiger partial charge in [0.15, 0.2) is 16.8 Å². The fraction of sp³-hybridized carbons (Fsp3) is 0.200. The molecule has 0 spiro atoms. The average molecular weight is 243 g/mol. The first-order chi connectivity index (χ1) is 8.06. The van der Waals surface area contributed by atoms with Crippen molar-refractivity contribution in [2.24, 2.45) is 0 Å². The highest BCUT2D eigenvalue weighted by atomic mass is 19.3. The van der Waals surface area contributed by atoms with Crippen molar-refractivity contribution in [2.45, 2.75) is 13.0 Å². The molecule has 0 amide bonds. The first-order valence-corrected chi connectivity index (χ1v) is 4.61. The SMILES string of the molecule is O=C(O)Cc1nc2c(OC(F)F)cccc2o1. The molecule has 17 heavy (non-hydrogen) atoms. The molecule has 1 N–H and O–H groups in total. The molecule has 2 rings (SSSR count). The molecule has 0 saturated carbocycles. The van der Waals surface area contributed by atoms with Gasteiger partial charge >= 0.3 is 12.6 Å². The summed E-state index contributed by atoms with van der Waals surface area (Å²) in [5.74, 6) is -1.32. The molecule has 2 aromatic rings. The van der Waals surface area contributed by atoms with Crippen molar-refractivity contribution in [3.63, 3.8) is 0 Å². The Kier molecular flexibility index (Phi) is 2.90. The topological polar surface area (TPSA) is 72.6 Å². The first-order valence-electron chi connectivity index (χ1n) is 4.61. The molecule has 0 aliphatic heterocycles. The van der Waals surface area contributed by atoms with Crippen LogP contribution in [0.2, 0.25) is 0 Å². The number of halogens is 2. The van der Waals surface area contributed by atoms with Crippen LogP contribution in [-0.4, -0.2) is 22.7 Å². The van der Waals surface area contributed by atoms with Gasteiger partial charge in [0.05, 0.1) is 0 Å². The van der Waals surface area contributed by atoms with Crippen LogP contribution in [0.5, 0.6) is 5.75 Å². The molecule has 1 aromatic heterocycles. The highest BCUT2D eigenvalue weighted by Crippen LogP contribution is 2.27. The summed E-state index contributed by atoms with van der Waals surface area (Å²) in [6.45, 7) is -2.97. The number of carbonyl (C=O) groups is 1. The van der Waals surface area contributed by atoms with Gasteiger partial charge in [0.25, 0.3) is 0 Å². The number of nitrogens with zero attached hydrogens (tertiary/aromatic N) is 1. The van der Waals surface area contributed by atoms with Gasteiger partial charge in [0, 0.05) is 0 Å². The van der Waals surface area contributed by atoms with Crippen LogP contribution in [0.15, 0.2) is 22.6 Å². The predicted octanol–water partition coefficient (Wildman–Crippen LogP) is 2.06. The third-order valence-corrected chi connectivity index (χ3v) is 1.94. The van der Waals surface area contributed by atoms with E-state index in [4.69, 9.17) is 9.52 Å². The van der Waals surface area contributed by atoms with Crippen molar-refractivity contribution in [1.82, 2.24) is 4.98 Å². The maximum Gasteiger partial charge on any atom is 0.387 e. The molecule has 0 atom stereocenters. The van der Waals surface area contributed by atoms with Crippen LogP contribution in [0.1, 0.15) is 5.89 Å². The van der Waals surface area contributed by atoms with Crippen LogP contribution < -0.4 is 4.74 Å². The number of para-hydroxylation sites is 1. The van der Waals surface area contributed by atoms with Gasteiger partial charge < -0.3 is 14.3 Å². The number of fused-ring (bicyclic) bond motifs is 1. The maximum atomic E-state index is 12.1. The lowest BCUT2D eigenvalue weighted by Crippen LogP contribution is -2.02. The van der Waals surface area contributed by atoms with Gasteiger partial charge in [-0.1, -0.05) is 6.07 Å². The van der Waals surface area contributed by atoms with Crippen molar-refractivity contribution >= 4 is 17.1 Å². The lowest BCUT2D eigenvalue weighted by Gasteiger charge is -2.02. The second-order valence-corrected chi connectivity index (χ2v) is 3.16. The summed E-state index contributed by atoms with van der Waals surface area (Å²) in [6.07, 6.45) is -0.414. The number of hydrogen-bond acceptors (Lipinski definition) is 4. The number of aliphatic carboxylic acids is 1. The zero-order chi connectivity index (χ0) is 12.4. The summed E-state index contributed by atoms with van der Waals surface area (Å²) >= 11 is 0. The molecule has 0 radical (unpaired) electrons. The summed E-state index contributed by atoms with van der Waals surface area (Å²) in [6, 6.07) is 4.25. The molecule has 0 aliphatic carbocycles. The largest absolute Gasteiger partial charge is 0.481 e. The van der Waals surface area contributed by atoms with E-state index in [1.165, 1.54) is 18.2 Å². The van der Waals surface area contributed by atoms with E-state index >= 15 is 0 Å². The second-order valence-electron chi connectivity index (χ2n) is 3.16. The molecule has 0 unspecified atom stereocenters. The molecule has 0 aliphatic rings. The minimum atomic E-state index is -2.97. The highest BCUT2D eigenvalue weighted by Gasteiger charge is 2.15. The van der Waals surface area contributed by atoms with Crippen molar-refractivity contribution in [1.29, 1.82) is 0 Å². The fourth-order valence-electron chi connectivity index (χ4n) is 1.37. The van der Waals surface area contributed by atoms with E-state index in [1.807, 2.05) is 0 Å². The van der Waals surface area contributed by atoms with Crippen LogP contribution in [-0.2, 0) is 11.2 Å². The lowest BCUT2D eigenvalue weighted by molar-refractivity contribution is -0.136. The van der Waals surface area contributed by atoms with E-state index in [0.29, 0.717) is 0 Å². The molecule has 90 valence electrons. The molecule has 0 bridgehead atoms. The quantitative estimate of drug-likeness (QED) is 0.889. The Morgan fingerprint density at radius 1 is 1.53 bits per heavy atom. The Labute approximate surface area is 93.6 Å². The number of ether oxygens (including phenoxy) is 1. The van der Waals surface area contributed by atoms with E-state index in [0.717, 1.165) is 0 Å². The van der Waals surface area contributed by atoms with Crippen LogP contribution in [0, 0.1) is 0 Å². The number of carboxylic acid groups (broad SMARTS) is 1. The minimum absolute atomic E-state index is 0.0576. The Hall–Kier alpha value is -2.18. The number of alkyl halides is 2. The Morgan fingerprint density at radius 3 is 2.94 bits per heavy atom. The average Bonchev–Trinajstić information content (AvgIpc) is 2.59. The summed E-state index contributed by atoms with van der Waals surface area (Å²) in [4.78, 5) is 14.3. The standard InChI is InChI=1S/C10H7F2NO4/c11-10(12)17-6-3-1-2-5-9(6)13-7(16-5)4-8(14)15/h1-3,10H,4H2,(H,14,15). The van der Waals surface area contributed by atoms with E-state index < -0.39 is 19.0 Å². The molecule has 1 heterocycles. The van der Waals surface area contributed by atoms with Crippen molar-refractivity contribution < 1.29 is 27.8 Å². The third kappa shape index (κ3) is 2.49. The number of benzene rings is 1.